The van der Waals surface area contributed by atoms with Crippen LogP contribution in [0.3, 0.4) is 0 Å². The van der Waals surface area contributed by atoms with Crippen LogP contribution in [0.25, 0.3) is 27.7 Å². The van der Waals surface area contributed by atoms with Gasteiger partial charge in [0.1, 0.15) is 0 Å². The zero-order chi connectivity index (χ0) is 45.1. The highest BCUT2D eigenvalue weighted by molar-refractivity contribution is 7.03. The molecule has 3 heterocycles. The van der Waals surface area contributed by atoms with Gasteiger partial charge in [-0.1, -0.05) is 193 Å². The largest absolute Gasteiger partial charge is 0.335 e. The van der Waals surface area contributed by atoms with Gasteiger partial charge in [0.25, 0.3) is 6.71 Å². The molecule has 2 unspecified atom stereocenters. The molecule has 6 aromatic rings. The fraction of sp³-hybridized carbons (Fsp3) is 0.377. The summed E-state index contributed by atoms with van der Waals surface area (Å²) in [5.41, 5.74) is 24.6. The summed E-state index contributed by atoms with van der Waals surface area (Å²) in [4.78, 5) is 5.70. The molecule has 324 valence electrons. The second kappa shape index (κ2) is 13.4. The third-order valence-corrected chi connectivity index (χ3v) is 16.8. The molecule has 1 fully saturated rings. The number of hydrogen-bond donors (Lipinski definition) is 0. The predicted molar refractivity (Wildman–Crippen MR) is 276 cm³/mol. The number of allylic oxidation sites excluding steroid dienone is 1. The lowest BCUT2D eigenvalue weighted by molar-refractivity contribution is 0.195. The molecule has 0 aromatic heterocycles. The molecule has 11 rings (SSSR count). The van der Waals surface area contributed by atoms with E-state index in [-0.39, 0.29) is 39.3 Å². The third kappa shape index (κ3) is 5.64. The van der Waals surface area contributed by atoms with E-state index in [1.54, 1.807) is 5.56 Å². The van der Waals surface area contributed by atoms with Crippen LogP contribution < -0.4 is 20.7 Å². The minimum atomic E-state index is -0.299. The first-order chi connectivity index (χ1) is 30.1. The molecule has 0 bridgehead atoms. The Kier molecular flexibility index (Phi) is 8.68. The average molecular weight is 839 g/mol. The minimum Gasteiger partial charge on any atom is -0.335 e. The van der Waals surface area contributed by atoms with Crippen LogP contribution >= 0.6 is 0 Å². The summed E-state index contributed by atoms with van der Waals surface area (Å²) < 4.78 is 0. The van der Waals surface area contributed by atoms with Crippen LogP contribution in [0.1, 0.15) is 149 Å². The quantitative estimate of drug-likeness (QED) is 0.164. The molecule has 2 atom stereocenters. The normalized spacial score (nSPS) is 21.7. The van der Waals surface area contributed by atoms with Crippen LogP contribution in [0.5, 0.6) is 0 Å². The highest BCUT2D eigenvalue weighted by atomic mass is 15.3. The van der Waals surface area contributed by atoms with Crippen molar-refractivity contribution < 1.29 is 0 Å². The van der Waals surface area contributed by atoms with E-state index in [9.17, 15) is 0 Å². The molecule has 0 N–H and O–H groups in total. The lowest BCUT2D eigenvalue weighted by atomic mass is 9.32. The van der Waals surface area contributed by atoms with Crippen molar-refractivity contribution in [1.82, 2.24) is 0 Å². The Hall–Kier alpha value is -5.28. The molecule has 3 aliphatic heterocycles. The van der Waals surface area contributed by atoms with Gasteiger partial charge in [-0.3, -0.25) is 0 Å². The molecule has 0 saturated heterocycles. The summed E-state index contributed by atoms with van der Waals surface area (Å²) in [6.07, 6.45) is 4.90. The van der Waals surface area contributed by atoms with E-state index in [0.29, 0.717) is 0 Å². The standard InChI is InChI=1S/C61H67BN2/c1-56(2,3)41-26-28-46-45(35-41)52-55(59(46,10)11)63(49-29-27-42(57(4,5)6)34-44(49)39-24-18-15-19-25-39)50-32-40(38-22-16-14-17-23-38)33-51-53(50)62(52)48-37-43(58(7,8)9)36-47-54(48)64(51)61(13)31-21-20-30-60(47,61)12/h14-19,22-29,32-37H,20-21,30-31H2,1-13H3. The van der Waals surface area contributed by atoms with Gasteiger partial charge in [-0.25, -0.2) is 0 Å². The molecular formula is C61H67BN2. The number of nitrogens with zero attached hydrogens (tertiary/aromatic N) is 2. The van der Waals surface area contributed by atoms with E-state index in [2.05, 4.69) is 221 Å². The van der Waals surface area contributed by atoms with Gasteiger partial charge in [-0.05, 0) is 127 Å². The Bertz CT molecular complexity index is 2950. The first kappa shape index (κ1) is 41.4. The monoisotopic (exact) mass is 839 g/mol. The summed E-state index contributed by atoms with van der Waals surface area (Å²) >= 11 is 0. The van der Waals surface area contributed by atoms with Gasteiger partial charge < -0.3 is 9.80 Å². The second-order valence-corrected chi connectivity index (χ2v) is 24.2. The van der Waals surface area contributed by atoms with Crippen molar-refractivity contribution in [2.24, 2.45) is 0 Å². The topological polar surface area (TPSA) is 6.48 Å². The first-order valence-corrected chi connectivity index (χ1v) is 24.3. The lowest BCUT2D eigenvalue weighted by Gasteiger charge is -2.53. The molecule has 5 aliphatic rings. The van der Waals surface area contributed by atoms with Gasteiger partial charge in [0.2, 0.25) is 0 Å². The lowest BCUT2D eigenvalue weighted by Crippen LogP contribution is -2.61. The van der Waals surface area contributed by atoms with Crippen molar-refractivity contribution in [2.75, 3.05) is 9.80 Å². The Morgan fingerprint density at radius 1 is 0.500 bits per heavy atom. The van der Waals surface area contributed by atoms with Crippen molar-refractivity contribution in [3.63, 3.8) is 0 Å². The molecule has 0 radical (unpaired) electrons. The van der Waals surface area contributed by atoms with E-state index in [1.807, 2.05) is 0 Å². The summed E-state index contributed by atoms with van der Waals surface area (Å²) in [6.45, 7) is 31.8. The number of rotatable bonds is 3. The Labute approximate surface area is 384 Å². The van der Waals surface area contributed by atoms with Gasteiger partial charge in [0, 0.05) is 39.2 Å². The van der Waals surface area contributed by atoms with Gasteiger partial charge in [0.15, 0.2) is 0 Å². The predicted octanol–water partition coefficient (Wildman–Crippen LogP) is 15.0. The molecule has 2 aliphatic carbocycles. The maximum absolute atomic E-state index is 2.92. The highest BCUT2D eigenvalue weighted by Crippen LogP contribution is 2.64. The molecule has 3 heteroatoms. The fourth-order valence-electron chi connectivity index (χ4n) is 12.9. The van der Waals surface area contributed by atoms with Crippen LogP contribution in [0.4, 0.5) is 22.7 Å². The number of benzene rings is 6. The van der Waals surface area contributed by atoms with Crippen LogP contribution in [0, 0.1) is 0 Å². The van der Waals surface area contributed by atoms with E-state index in [4.69, 9.17) is 0 Å². The first-order valence-electron chi connectivity index (χ1n) is 24.3. The van der Waals surface area contributed by atoms with Crippen LogP contribution in [-0.2, 0) is 27.1 Å². The Balaban J connectivity index is 1.34. The summed E-state index contributed by atoms with van der Waals surface area (Å²) in [5, 5.41) is 0. The fourth-order valence-corrected chi connectivity index (χ4v) is 12.9. The number of hydrogen-bond acceptors (Lipinski definition) is 2. The van der Waals surface area contributed by atoms with E-state index in [1.165, 1.54) is 121 Å². The second-order valence-electron chi connectivity index (χ2n) is 24.2. The molecule has 0 spiro atoms. The van der Waals surface area contributed by atoms with Crippen molar-refractivity contribution in [2.45, 2.75) is 148 Å². The summed E-state index contributed by atoms with van der Waals surface area (Å²) in [7, 11) is 0. The third-order valence-electron chi connectivity index (χ3n) is 16.8. The molecule has 1 saturated carbocycles. The zero-order valence-electron chi connectivity index (χ0n) is 40.8. The van der Waals surface area contributed by atoms with Crippen LogP contribution in [0.15, 0.2) is 127 Å². The smallest absolute Gasteiger partial charge is 0.252 e. The maximum atomic E-state index is 2.92. The van der Waals surface area contributed by atoms with Gasteiger partial charge in [-0.2, -0.15) is 0 Å². The number of fused-ring (bicyclic) bond motifs is 8. The Morgan fingerprint density at radius 2 is 1.08 bits per heavy atom. The van der Waals surface area contributed by atoms with Gasteiger partial charge >= 0.3 is 0 Å². The van der Waals surface area contributed by atoms with E-state index >= 15 is 0 Å². The molecule has 6 aromatic carbocycles. The van der Waals surface area contributed by atoms with Crippen LogP contribution in [-0.4, -0.2) is 12.3 Å². The molecular weight excluding hydrogens is 771 g/mol. The van der Waals surface area contributed by atoms with E-state index < -0.39 is 0 Å². The zero-order valence-corrected chi connectivity index (χ0v) is 40.8. The maximum Gasteiger partial charge on any atom is 0.252 e. The highest BCUT2D eigenvalue weighted by Gasteiger charge is 2.63. The van der Waals surface area contributed by atoms with Crippen molar-refractivity contribution >= 4 is 45.9 Å². The van der Waals surface area contributed by atoms with E-state index in [0.717, 1.165) is 0 Å². The molecule has 64 heavy (non-hydrogen) atoms. The minimum absolute atomic E-state index is 0.00337. The van der Waals surface area contributed by atoms with Crippen molar-refractivity contribution in [3.8, 4) is 22.3 Å². The van der Waals surface area contributed by atoms with Crippen LogP contribution in [0.2, 0.25) is 0 Å². The SMILES string of the molecule is CC(C)(C)c1ccc2c(c1)C1=C(N(c3ccc(C(C)(C)C)cc3-c3ccccc3)c3cc(-c4ccccc4)cc4c3B1c1cc(C(C)(C)C)cc3c1N4C1(C)CCCCC31C)C2(C)C. The van der Waals surface area contributed by atoms with Crippen molar-refractivity contribution in [1.29, 1.82) is 0 Å². The number of anilines is 4. The van der Waals surface area contributed by atoms with Gasteiger partial charge in [0.05, 0.1) is 11.2 Å². The summed E-state index contributed by atoms with van der Waals surface area (Å²) in [5.74, 6) is 0. The molecule has 0 amide bonds. The molecule has 2 nitrogen and oxygen atoms in total. The summed E-state index contributed by atoms with van der Waals surface area (Å²) in [6, 6.07) is 47.8. The average Bonchev–Trinajstić information content (AvgIpc) is 3.62. The van der Waals surface area contributed by atoms with Gasteiger partial charge in [-0.15, -0.1) is 0 Å². The van der Waals surface area contributed by atoms with Crippen molar-refractivity contribution in [3.05, 3.63) is 160 Å². The Morgan fingerprint density at radius 3 is 1.72 bits per heavy atom.